The van der Waals surface area contributed by atoms with Crippen LogP contribution in [0.4, 0.5) is 0 Å². The molecule has 0 spiro atoms. The van der Waals surface area contributed by atoms with Gasteiger partial charge in [0.15, 0.2) is 0 Å². The standard InChI is InChI=1S/C17H18O2/c1-3-13-6-10-15(11-7-13)16(17(18)19)14-8-4-12(2)5-9-14/h4-11,16H,3H2,1-2H3,(H,18,19). The molecule has 2 rings (SSSR count). The number of hydrogen-bond donors (Lipinski definition) is 1. The van der Waals surface area contributed by atoms with E-state index in [4.69, 9.17) is 0 Å². The van der Waals surface area contributed by atoms with Gasteiger partial charge in [0.2, 0.25) is 0 Å². The fourth-order valence-electron chi connectivity index (χ4n) is 2.18. The molecule has 98 valence electrons. The average molecular weight is 254 g/mol. The summed E-state index contributed by atoms with van der Waals surface area (Å²) in [5.74, 6) is -1.40. The summed E-state index contributed by atoms with van der Waals surface area (Å²) in [6, 6.07) is 15.5. The average Bonchev–Trinajstić information content (AvgIpc) is 2.42. The minimum absolute atomic E-state index is 0.591. The first-order chi connectivity index (χ1) is 9.11. The van der Waals surface area contributed by atoms with Crippen molar-refractivity contribution in [3.63, 3.8) is 0 Å². The second-order valence-electron chi connectivity index (χ2n) is 4.78. The topological polar surface area (TPSA) is 37.3 Å². The van der Waals surface area contributed by atoms with Crippen LogP contribution in [0.15, 0.2) is 48.5 Å². The molecule has 0 aliphatic rings. The molecular formula is C17H18O2. The van der Waals surface area contributed by atoms with Gasteiger partial charge in [-0.3, -0.25) is 4.79 Å². The van der Waals surface area contributed by atoms with E-state index >= 15 is 0 Å². The van der Waals surface area contributed by atoms with Crippen LogP contribution in [0, 0.1) is 6.92 Å². The lowest BCUT2D eigenvalue weighted by Gasteiger charge is -2.14. The minimum Gasteiger partial charge on any atom is -0.481 e. The highest BCUT2D eigenvalue weighted by Gasteiger charge is 2.21. The molecule has 0 saturated carbocycles. The highest BCUT2D eigenvalue weighted by atomic mass is 16.4. The number of carboxylic acid groups (broad SMARTS) is 1. The summed E-state index contributed by atoms with van der Waals surface area (Å²) < 4.78 is 0. The molecule has 2 heteroatoms. The summed E-state index contributed by atoms with van der Waals surface area (Å²) in [7, 11) is 0. The second-order valence-corrected chi connectivity index (χ2v) is 4.78. The SMILES string of the molecule is CCc1ccc(C(C(=O)O)c2ccc(C)cc2)cc1. The molecule has 0 amide bonds. The number of aliphatic carboxylic acids is 1. The summed E-state index contributed by atoms with van der Waals surface area (Å²) in [5, 5.41) is 9.48. The molecule has 0 bridgehead atoms. The molecule has 2 aromatic rings. The summed E-state index contributed by atoms with van der Waals surface area (Å²) in [5.41, 5.74) is 4.00. The molecule has 0 radical (unpaired) electrons. The fraction of sp³-hybridized carbons (Fsp3) is 0.235. The number of aryl methyl sites for hydroxylation is 2. The van der Waals surface area contributed by atoms with Crippen molar-refractivity contribution in [3.8, 4) is 0 Å². The zero-order valence-corrected chi connectivity index (χ0v) is 11.3. The smallest absolute Gasteiger partial charge is 0.315 e. The van der Waals surface area contributed by atoms with Crippen LogP contribution in [0.25, 0.3) is 0 Å². The molecule has 0 fully saturated rings. The quantitative estimate of drug-likeness (QED) is 0.901. The lowest BCUT2D eigenvalue weighted by Crippen LogP contribution is -2.13. The maximum Gasteiger partial charge on any atom is 0.315 e. The van der Waals surface area contributed by atoms with Crippen molar-refractivity contribution >= 4 is 5.97 Å². The van der Waals surface area contributed by atoms with Gasteiger partial charge in [0, 0.05) is 0 Å². The van der Waals surface area contributed by atoms with E-state index in [9.17, 15) is 9.90 Å². The Morgan fingerprint density at radius 1 is 1.00 bits per heavy atom. The first-order valence-corrected chi connectivity index (χ1v) is 6.50. The number of rotatable bonds is 4. The van der Waals surface area contributed by atoms with E-state index in [2.05, 4.69) is 6.92 Å². The third kappa shape index (κ3) is 3.02. The number of carbonyl (C=O) groups is 1. The summed E-state index contributed by atoms with van der Waals surface area (Å²) in [6.45, 7) is 4.08. The fourth-order valence-corrected chi connectivity index (χ4v) is 2.18. The Hall–Kier alpha value is -2.09. The first kappa shape index (κ1) is 13.3. The van der Waals surface area contributed by atoms with Crippen molar-refractivity contribution in [3.05, 3.63) is 70.8 Å². The predicted octanol–water partition coefficient (Wildman–Crippen LogP) is 3.77. The molecule has 0 aliphatic heterocycles. The highest BCUT2D eigenvalue weighted by molar-refractivity contribution is 5.80. The number of hydrogen-bond acceptors (Lipinski definition) is 1. The van der Waals surface area contributed by atoms with E-state index in [1.807, 2.05) is 55.5 Å². The Morgan fingerprint density at radius 3 is 1.89 bits per heavy atom. The van der Waals surface area contributed by atoms with Crippen LogP contribution in [0.2, 0.25) is 0 Å². The Kier molecular flexibility index (Phi) is 4.00. The van der Waals surface area contributed by atoms with Gasteiger partial charge in [0.05, 0.1) is 0 Å². The third-order valence-corrected chi connectivity index (χ3v) is 3.38. The Morgan fingerprint density at radius 2 is 1.47 bits per heavy atom. The lowest BCUT2D eigenvalue weighted by atomic mass is 9.90. The largest absolute Gasteiger partial charge is 0.481 e. The van der Waals surface area contributed by atoms with Gasteiger partial charge in [-0.05, 0) is 30.0 Å². The lowest BCUT2D eigenvalue weighted by molar-refractivity contribution is -0.137. The van der Waals surface area contributed by atoms with Crippen molar-refractivity contribution in [1.29, 1.82) is 0 Å². The first-order valence-electron chi connectivity index (χ1n) is 6.50. The van der Waals surface area contributed by atoms with Crippen molar-refractivity contribution in [2.75, 3.05) is 0 Å². The molecule has 0 aliphatic carbocycles. The molecule has 2 aromatic carbocycles. The van der Waals surface area contributed by atoms with Crippen LogP contribution in [-0.2, 0) is 11.2 Å². The van der Waals surface area contributed by atoms with Gasteiger partial charge >= 0.3 is 5.97 Å². The molecule has 0 heterocycles. The van der Waals surface area contributed by atoms with Gasteiger partial charge in [-0.15, -0.1) is 0 Å². The van der Waals surface area contributed by atoms with E-state index in [0.29, 0.717) is 0 Å². The monoisotopic (exact) mass is 254 g/mol. The summed E-state index contributed by atoms with van der Waals surface area (Å²) >= 11 is 0. The predicted molar refractivity (Wildman–Crippen MR) is 76.5 cm³/mol. The van der Waals surface area contributed by atoms with Crippen molar-refractivity contribution in [2.24, 2.45) is 0 Å². The number of carboxylic acids is 1. The summed E-state index contributed by atoms with van der Waals surface area (Å²) in [6.07, 6.45) is 0.961. The maximum atomic E-state index is 11.5. The van der Waals surface area contributed by atoms with Crippen molar-refractivity contribution in [1.82, 2.24) is 0 Å². The molecule has 19 heavy (non-hydrogen) atoms. The molecule has 0 aromatic heterocycles. The molecule has 1 atom stereocenters. The zero-order valence-electron chi connectivity index (χ0n) is 11.3. The van der Waals surface area contributed by atoms with Crippen LogP contribution in [0.1, 0.15) is 35.1 Å². The van der Waals surface area contributed by atoms with Gasteiger partial charge < -0.3 is 5.11 Å². The molecule has 0 saturated heterocycles. The Balaban J connectivity index is 2.39. The Bertz CT molecular complexity index is 553. The minimum atomic E-state index is -0.812. The summed E-state index contributed by atoms with van der Waals surface area (Å²) in [4.78, 5) is 11.5. The molecule has 2 nitrogen and oxygen atoms in total. The van der Waals surface area contributed by atoms with Gasteiger partial charge in [-0.1, -0.05) is 61.0 Å². The van der Waals surface area contributed by atoms with Gasteiger partial charge in [-0.25, -0.2) is 0 Å². The Labute approximate surface area is 113 Å². The van der Waals surface area contributed by atoms with Crippen LogP contribution < -0.4 is 0 Å². The molecular weight excluding hydrogens is 236 g/mol. The maximum absolute atomic E-state index is 11.5. The number of benzene rings is 2. The van der Waals surface area contributed by atoms with Crippen molar-refractivity contribution in [2.45, 2.75) is 26.2 Å². The molecule has 1 N–H and O–H groups in total. The van der Waals surface area contributed by atoms with Gasteiger partial charge in [0.1, 0.15) is 5.92 Å². The van der Waals surface area contributed by atoms with Crippen LogP contribution in [0.5, 0.6) is 0 Å². The normalized spacial score (nSPS) is 12.1. The van der Waals surface area contributed by atoms with E-state index in [1.54, 1.807) is 0 Å². The van der Waals surface area contributed by atoms with E-state index in [1.165, 1.54) is 5.56 Å². The van der Waals surface area contributed by atoms with Crippen LogP contribution in [0.3, 0.4) is 0 Å². The third-order valence-electron chi connectivity index (χ3n) is 3.38. The second kappa shape index (κ2) is 5.70. The van der Waals surface area contributed by atoms with Gasteiger partial charge in [-0.2, -0.15) is 0 Å². The van der Waals surface area contributed by atoms with Crippen LogP contribution >= 0.6 is 0 Å². The van der Waals surface area contributed by atoms with E-state index in [0.717, 1.165) is 23.1 Å². The highest BCUT2D eigenvalue weighted by Crippen LogP contribution is 2.25. The van der Waals surface area contributed by atoms with Gasteiger partial charge in [0.25, 0.3) is 0 Å². The van der Waals surface area contributed by atoms with E-state index in [-0.39, 0.29) is 0 Å². The van der Waals surface area contributed by atoms with E-state index < -0.39 is 11.9 Å². The molecule has 1 unspecified atom stereocenters. The zero-order chi connectivity index (χ0) is 13.8. The van der Waals surface area contributed by atoms with Crippen LogP contribution in [-0.4, -0.2) is 11.1 Å². The van der Waals surface area contributed by atoms with Crippen molar-refractivity contribution < 1.29 is 9.90 Å².